The first-order chi connectivity index (χ1) is 22.4. The quantitative estimate of drug-likeness (QED) is 0.174. The van der Waals surface area contributed by atoms with Gasteiger partial charge in [-0.25, -0.2) is 4.98 Å². The Balaban J connectivity index is 1.38. The zero-order valence-electron chi connectivity index (χ0n) is 27.1. The van der Waals surface area contributed by atoms with Crippen LogP contribution in [0.4, 0.5) is 0 Å². The van der Waals surface area contributed by atoms with Crippen molar-refractivity contribution >= 4 is 22.7 Å². The number of benzene rings is 4. The number of hydrogen-bond donors (Lipinski definition) is 0. The molecule has 4 heteroatoms. The number of fused-ring (bicyclic) bond motifs is 1. The van der Waals surface area contributed by atoms with E-state index in [1.807, 2.05) is 44.4 Å². The Labute approximate surface area is 272 Å². The molecule has 228 valence electrons. The fourth-order valence-corrected chi connectivity index (χ4v) is 6.13. The molecule has 0 aliphatic carbocycles. The van der Waals surface area contributed by atoms with E-state index in [9.17, 15) is 0 Å². The summed E-state index contributed by atoms with van der Waals surface area (Å²) in [4.78, 5) is 12.0. The Bertz CT molecular complexity index is 2030. The molecule has 2 heterocycles. The lowest BCUT2D eigenvalue weighted by Gasteiger charge is -2.23. The summed E-state index contributed by atoms with van der Waals surface area (Å²) < 4.78 is 2.18. The molecule has 0 fully saturated rings. The second-order valence-electron chi connectivity index (χ2n) is 11.7. The highest BCUT2D eigenvalue weighted by molar-refractivity contribution is 6.07. The van der Waals surface area contributed by atoms with E-state index in [1.54, 1.807) is 0 Å². The lowest BCUT2D eigenvalue weighted by Crippen LogP contribution is -2.27. The molecule has 1 unspecified atom stereocenters. The molecule has 0 saturated carbocycles. The normalized spacial score (nSPS) is 16.6. The molecule has 4 nitrogen and oxygen atoms in total. The summed E-state index contributed by atoms with van der Waals surface area (Å²) in [5, 5.41) is 2.45. The van der Waals surface area contributed by atoms with Gasteiger partial charge in [0.2, 0.25) is 0 Å². The van der Waals surface area contributed by atoms with E-state index in [0.29, 0.717) is 0 Å². The van der Waals surface area contributed by atoms with E-state index in [1.165, 1.54) is 27.5 Å². The maximum atomic E-state index is 5.00. The van der Waals surface area contributed by atoms with Gasteiger partial charge in [0, 0.05) is 43.0 Å². The van der Waals surface area contributed by atoms with Crippen molar-refractivity contribution in [1.29, 1.82) is 0 Å². The van der Waals surface area contributed by atoms with Crippen LogP contribution in [0.2, 0.25) is 0 Å². The van der Waals surface area contributed by atoms with Crippen molar-refractivity contribution in [2.45, 2.75) is 26.3 Å². The van der Waals surface area contributed by atoms with Crippen molar-refractivity contribution in [3.63, 3.8) is 0 Å². The van der Waals surface area contributed by atoms with Gasteiger partial charge in [-0.3, -0.25) is 4.99 Å². The van der Waals surface area contributed by atoms with Crippen molar-refractivity contribution in [3.05, 3.63) is 157 Å². The molecular weight excluding hydrogens is 560 g/mol. The fraction of sp³-hybridized carbons (Fsp3) is 0.143. The largest absolute Gasteiger partial charge is 0.330 e. The number of hydrogen-bond acceptors (Lipinski definition) is 3. The molecule has 46 heavy (non-hydrogen) atoms. The number of nitrogens with zero attached hydrogens (tertiary/aromatic N) is 4. The number of aliphatic imine (C=N–C) groups is 1. The summed E-state index contributed by atoms with van der Waals surface area (Å²) in [6.45, 7) is 12.3. The first-order valence-electron chi connectivity index (χ1n) is 15.8. The van der Waals surface area contributed by atoms with Crippen molar-refractivity contribution in [2.24, 2.45) is 12.0 Å². The summed E-state index contributed by atoms with van der Waals surface area (Å²) >= 11 is 0. The number of aromatic nitrogens is 2. The first kappa shape index (κ1) is 30.5. The molecule has 0 bridgehead atoms. The van der Waals surface area contributed by atoms with E-state index < -0.39 is 0 Å². The zero-order chi connectivity index (χ0) is 32.2. The Kier molecular flexibility index (Phi) is 8.80. The molecule has 0 amide bonds. The van der Waals surface area contributed by atoms with E-state index in [-0.39, 0.29) is 6.04 Å². The lowest BCUT2D eigenvalue weighted by atomic mass is 9.91. The standard InChI is InChI=1S/C42H40N4/c1-7-13-38-39(14-8-2)46(6)42(44-38)35-27-23-32(24-28-35)37-20-12-18-33-17-11-19-36(40(33)37)31-21-25-34(26-22-31)41-43-29(3)15-9-10-16-30(4)45(41)5/h7-13,15-29H,2,4,14H2,1,3,5-6H3/b13-7-,15-9-,16-10-,43-41?. The molecule has 6 rings (SSSR count). The van der Waals surface area contributed by atoms with Crippen molar-refractivity contribution < 1.29 is 0 Å². The van der Waals surface area contributed by atoms with Gasteiger partial charge in [-0.1, -0.05) is 122 Å². The van der Waals surface area contributed by atoms with Crippen LogP contribution in [-0.2, 0) is 13.5 Å². The van der Waals surface area contributed by atoms with Crippen molar-refractivity contribution in [3.8, 4) is 33.6 Å². The minimum absolute atomic E-state index is 0.0570. The first-order valence-corrected chi connectivity index (χ1v) is 15.8. The average Bonchev–Trinajstić information content (AvgIpc) is 3.41. The summed E-state index contributed by atoms with van der Waals surface area (Å²) in [5.41, 5.74) is 9.93. The highest BCUT2D eigenvalue weighted by Crippen LogP contribution is 2.37. The molecular formula is C42H40N4. The predicted molar refractivity (Wildman–Crippen MR) is 197 cm³/mol. The van der Waals surface area contributed by atoms with Crippen molar-refractivity contribution in [1.82, 2.24) is 14.5 Å². The average molecular weight is 601 g/mol. The predicted octanol–water partition coefficient (Wildman–Crippen LogP) is 10.0. The van der Waals surface area contributed by atoms with E-state index in [4.69, 9.17) is 9.98 Å². The molecule has 1 aliphatic rings. The van der Waals surface area contributed by atoms with Gasteiger partial charge in [0.05, 0.1) is 11.7 Å². The summed E-state index contributed by atoms with van der Waals surface area (Å²) in [6, 6.07) is 30.7. The summed E-state index contributed by atoms with van der Waals surface area (Å²) in [7, 11) is 4.10. The topological polar surface area (TPSA) is 33.4 Å². The SMILES string of the molecule is C=CCc1c(/C=C\C)nc(-c2ccc(-c3cccc4cccc(-c5ccc(C6=NC(C)/C=C\C=C/C(=C)N6C)cc5)c34)cc2)n1C. The van der Waals surface area contributed by atoms with E-state index >= 15 is 0 Å². The molecule has 1 aliphatic heterocycles. The summed E-state index contributed by atoms with van der Waals surface area (Å²) in [5.74, 6) is 1.86. The minimum atomic E-state index is 0.0570. The van der Waals surface area contributed by atoms with Gasteiger partial charge < -0.3 is 9.47 Å². The van der Waals surface area contributed by atoms with Gasteiger partial charge in [-0.05, 0) is 59.0 Å². The Morgan fingerprint density at radius 3 is 2.02 bits per heavy atom. The molecule has 5 aromatic rings. The number of likely N-dealkylation sites (N-methyl/N-ethyl adjacent to an activating group) is 1. The highest BCUT2D eigenvalue weighted by atomic mass is 15.2. The lowest BCUT2D eigenvalue weighted by molar-refractivity contribution is 0.643. The van der Waals surface area contributed by atoms with Crippen LogP contribution in [0.15, 0.2) is 145 Å². The van der Waals surface area contributed by atoms with Gasteiger partial charge in [0.25, 0.3) is 0 Å². The van der Waals surface area contributed by atoms with Crippen LogP contribution in [0.1, 0.15) is 30.8 Å². The van der Waals surface area contributed by atoms with Crippen LogP contribution in [0.5, 0.6) is 0 Å². The molecule has 0 saturated heterocycles. The zero-order valence-corrected chi connectivity index (χ0v) is 27.1. The third-order valence-corrected chi connectivity index (χ3v) is 8.58. The summed E-state index contributed by atoms with van der Waals surface area (Å²) in [6.07, 6.45) is 15.0. The number of allylic oxidation sites excluding steroid dienone is 5. The molecule has 0 spiro atoms. The van der Waals surface area contributed by atoms with E-state index in [0.717, 1.165) is 51.9 Å². The molecule has 1 aromatic heterocycles. The van der Waals surface area contributed by atoms with E-state index in [2.05, 4.69) is 134 Å². The second-order valence-corrected chi connectivity index (χ2v) is 11.7. The van der Waals surface area contributed by atoms with Gasteiger partial charge in [-0.15, -0.1) is 6.58 Å². The van der Waals surface area contributed by atoms with Gasteiger partial charge in [0.1, 0.15) is 11.7 Å². The van der Waals surface area contributed by atoms with Crippen LogP contribution in [0.3, 0.4) is 0 Å². The van der Waals surface area contributed by atoms with Gasteiger partial charge in [-0.2, -0.15) is 0 Å². The third kappa shape index (κ3) is 5.94. The monoisotopic (exact) mass is 600 g/mol. The van der Waals surface area contributed by atoms with Crippen LogP contribution < -0.4 is 0 Å². The van der Waals surface area contributed by atoms with Crippen LogP contribution in [-0.4, -0.2) is 33.4 Å². The fourth-order valence-electron chi connectivity index (χ4n) is 6.13. The Hall–Kier alpha value is -5.48. The number of rotatable bonds is 7. The smallest absolute Gasteiger partial charge is 0.140 e. The second kappa shape index (κ2) is 13.3. The molecule has 4 aromatic carbocycles. The number of imidazole rings is 1. The Morgan fingerprint density at radius 1 is 0.804 bits per heavy atom. The number of amidine groups is 1. The molecule has 0 N–H and O–H groups in total. The van der Waals surface area contributed by atoms with Gasteiger partial charge >= 0.3 is 0 Å². The van der Waals surface area contributed by atoms with Crippen LogP contribution in [0, 0.1) is 0 Å². The Morgan fingerprint density at radius 2 is 1.41 bits per heavy atom. The van der Waals surface area contributed by atoms with Crippen molar-refractivity contribution in [2.75, 3.05) is 7.05 Å². The highest BCUT2D eigenvalue weighted by Gasteiger charge is 2.17. The minimum Gasteiger partial charge on any atom is -0.330 e. The maximum absolute atomic E-state index is 5.00. The maximum Gasteiger partial charge on any atom is 0.140 e. The van der Waals surface area contributed by atoms with Crippen LogP contribution in [0.25, 0.3) is 50.5 Å². The molecule has 1 atom stereocenters. The van der Waals surface area contributed by atoms with Gasteiger partial charge in [0.15, 0.2) is 0 Å². The van der Waals surface area contributed by atoms with Crippen LogP contribution >= 0.6 is 0 Å². The molecule has 0 radical (unpaired) electrons. The third-order valence-electron chi connectivity index (χ3n) is 8.58.